The average Bonchev–Trinajstić information content (AvgIpc) is 2.05. The van der Waals surface area contributed by atoms with Gasteiger partial charge < -0.3 is 14.6 Å². The number of rotatable bonds is 2. The van der Waals surface area contributed by atoms with Gasteiger partial charge in [0, 0.05) is 20.1 Å². The first-order valence-electron chi connectivity index (χ1n) is 4.06. The summed E-state index contributed by atoms with van der Waals surface area (Å²) in [5, 5.41) is 9.93. The van der Waals surface area contributed by atoms with Crippen LogP contribution in [0.2, 0.25) is 0 Å². The van der Waals surface area contributed by atoms with Crippen molar-refractivity contribution in [3.05, 3.63) is 0 Å². The molecule has 1 aliphatic rings. The molecular weight excluding hydrogens is 144 g/mol. The lowest BCUT2D eigenvalue weighted by Crippen LogP contribution is -2.50. The molecule has 1 aliphatic heterocycles. The zero-order valence-corrected chi connectivity index (χ0v) is 7.17. The Bertz CT molecular complexity index is 127. The summed E-state index contributed by atoms with van der Waals surface area (Å²) in [7, 11) is 1.61. The fourth-order valence-corrected chi connectivity index (χ4v) is 1.45. The molecule has 1 saturated heterocycles. The van der Waals surface area contributed by atoms with Gasteiger partial charge in [-0.05, 0) is 6.42 Å². The highest BCUT2D eigenvalue weighted by molar-refractivity contribution is 4.88. The van der Waals surface area contributed by atoms with E-state index in [4.69, 9.17) is 9.47 Å². The number of hydrogen-bond acceptors (Lipinski definition) is 3. The number of methoxy groups -OCH3 is 1. The standard InChI is InChI=1S/C8H16O3/c1-3-8(9)4-5-11-6-7(8)10-2/h7,9H,3-6H2,1-2H3. The smallest absolute Gasteiger partial charge is 0.109 e. The maximum Gasteiger partial charge on any atom is 0.109 e. The molecule has 0 bridgehead atoms. The highest BCUT2D eigenvalue weighted by atomic mass is 16.5. The van der Waals surface area contributed by atoms with Crippen molar-refractivity contribution in [2.45, 2.75) is 31.5 Å². The van der Waals surface area contributed by atoms with Crippen LogP contribution in [0.1, 0.15) is 19.8 Å². The van der Waals surface area contributed by atoms with Crippen LogP contribution in [0.15, 0.2) is 0 Å². The van der Waals surface area contributed by atoms with Crippen LogP contribution in [0.5, 0.6) is 0 Å². The Morgan fingerprint density at radius 2 is 2.45 bits per heavy atom. The summed E-state index contributed by atoms with van der Waals surface area (Å²) in [6, 6.07) is 0. The van der Waals surface area contributed by atoms with E-state index in [0.717, 1.165) is 6.42 Å². The van der Waals surface area contributed by atoms with Crippen LogP contribution in [0.4, 0.5) is 0 Å². The van der Waals surface area contributed by atoms with Crippen molar-refractivity contribution in [3.63, 3.8) is 0 Å². The van der Waals surface area contributed by atoms with Crippen LogP contribution >= 0.6 is 0 Å². The van der Waals surface area contributed by atoms with Crippen molar-refractivity contribution < 1.29 is 14.6 Å². The van der Waals surface area contributed by atoms with E-state index in [2.05, 4.69) is 0 Å². The van der Waals surface area contributed by atoms with E-state index in [1.807, 2.05) is 6.92 Å². The molecule has 0 spiro atoms. The van der Waals surface area contributed by atoms with Crippen molar-refractivity contribution in [1.29, 1.82) is 0 Å². The van der Waals surface area contributed by atoms with E-state index < -0.39 is 5.60 Å². The second kappa shape index (κ2) is 3.52. The molecule has 0 aliphatic carbocycles. The van der Waals surface area contributed by atoms with Gasteiger partial charge in [-0.2, -0.15) is 0 Å². The Labute approximate surface area is 67.3 Å². The van der Waals surface area contributed by atoms with Gasteiger partial charge in [0.05, 0.1) is 12.2 Å². The summed E-state index contributed by atoms with van der Waals surface area (Å²) in [6.45, 7) is 3.13. The first kappa shape index (κ1) is 8.97. The lowest BCUT2D eigenvalue weighted by molar-refractivity contribution is -0.166. The van der Waals surface area contributed by atoms with Gasteiger partial charge in [-0.1, -0.05) is 6.92 Å². The molecule has 0 aromatic heterocycles. The van der Waals surface area contributed by atoms with Gasteiger partial charge >= 0.3 is 0 Å². The van der Waals surface area contributed by atoms with Crippen molar-refractivity contribution >= 4 is 0 Å². The van der Waals surface area contributed by atoms with Gasteiger partial charge in [0.15, 0.2) is 0 Å². The Morgan fingerprint density at radius 3 is 2.91 bits per heavy atom. The van der Waals surface area contributed by atoms with E-state index in [-0.39, 0.29) is 6.10 Å². The van der Waals surface area contributed by atoms with Crippen LogP contribution in [0, 0.1) is 0 Å². The fourth-order valence-electron chi connectivity index (χ4n) is 1.45. The van der Waals surface area contributed by atoms with Crippen molar-refractivity contribution in [2.24, 2.45) is 0 Å². The molecule has 0 saturated carbocycles. The summed E-state index contributed by atoms with van der Waals surface area (Å²) in [4.78, 5) is 0. The predicted molar refractivity (Wildman–Crippen MR) is 41.5 cm³/mol. The monoisotopic (exact) mass is 160 g/mol. The van der Waals surface area contributed by atoms with Gasteiger partial charge in [0.2, 0.25) is 0 Å². The first-order valence-corrected chi connectivity index (χ1v) is 4.06. The zero-order chi connectivity index (χ0) is 8.32. The third-order valence-corrected chi connectivity index (χ3v) is 2.44. The van der Waals surface area contributed by atoms with E-state index in [1.165, 1.54) is 0 Å². The van der Waals surface area contributed by atoms with E-state index in [1.54, 1.807) is 7.11 Å². The molecule has 11 heavy (non-hydrogen) atoms. The molecule has 1 N–H and O–H groups in total. The molecule has 0 amide bonds. The molecule has 1 rings (SSSR count). The molecule has 66 valence electrons. The SMILES string of the molecule is CCC1(O)CCOCC1OC. The summed E-state index contributed by atoms with van der Waals surface area (Å²) in [6.07, 6.45) is 1.26. The first-order chi connectivity index (χ1) is 5.23. The van der Waals surface area contributed by atoms with Gasteiger partial charge in [-0.3, -0.25) is 0 Å². The van der Waals surface area contributed by atoms with Crippen molar-refractivity contribution in [1.82, 2.24) is 0 Å². The Hall–Kier alpha value is -0.120. The van der Waals surface area contributed by atoms with Gasteiger partial charge in [-0.15, -0.1) is 0 Å². The molecule has 3 heteroatoms. The van der Waals surface area contributed by atoms with E-state index in [0.29, 0.717) is 19.6 Å². The molecule has 3 nitrogen and oxygen atoms in total. The van der Waals surface area contributed by atoms with Gasteiger partial charge in [0.25, 0.3) is 0 Å². The minimum absolute atomic E-state index is 0.152. The largest absolute Gasteiger partial charge is 0.387 e. The normalized spacial score (nSPS) is 39.0. The predicted octanol–water partition coefficient (Wildman–Crippen LogP) is 0.563. The van der Waals surface area contributed by atoms with Gasteiger partial charge in [-0.25, -0.2) is 0 Å². The van der Waals surface area contributed by atoms with E-state index >= 15 is 0 Å². The maximum absolute atomic E-state index is 9.93. The van der Waals surface area contributed by atoms with Crippen LogP contribution < -0.4 is 0 Å². The molecule has 0 aromatic rings. The Kier molecular flexibility index (Phi) is 2.87. The number of hydrogen-bond donors (Lipinski definition) is 1. The summed E-state index contributed by atoms with van der Waals surface area (Å²) in [5.74, 6) is 0. The van der Waals surface area contributed by atoms with Crippen LogP contribution in [0.3, 0.4) is 0 Å². The average molecular weight is 160 g/mol. The molecule has 0 aromatic carbocycles. The fraction of sp³-hybridized carbons (Fsp3) is 1.00. The highest BCUT2D eigenvalue weighted by Gasteiger charge is 2.38. The number of ether oxygens (including phenoxy) is 2. The van der Waals surface area contributed by atoms with Gasteiger partial charge in [0.1, 0.15) is 6.10 Å². The highest BCUT2D eigenvalue weighted by Crippen LogP contribution is 2.25. The molecule has 2 unspecified atom stereocenters. The van der Waals surface area contributed by atoms with Crippen molar-refractivity contribution in [2.75, 3.05) is 20.3 Å². The van der Waals surface area contributed by atoms with E-state index in [9.17, 15) is 5.11 Å². The second-order valence-corrected chi connectivity index (χ2v) is 3.01. The Morgan fingerprint density at radius 1 is 1.73 bits per heavy atom. The third kappa shape index (κ3) is 1.72. The quantitative estimate of drug-likeness (QED) is 0.641. The molecule has 2 atom stereocenters. The maximum atomic E-state index is 9.93. The second-order valence-electron chi connectivity index (χ2n) is 3.01. The topological polar surface area (TPSA) is 38.7 Å². The number of aliphatic hydroxyl groups is 1. The summed E-state index contributed by atoms with van der Waals surface area (Å²) in [5.41, 5.74) is -0.660. The molecule has 0 radical (unpaired) electrons. The Balaban J connectivity index is 2.57. The minimum Gasteiger partial charge on any atom is -0.387 e. The zero-order valence-electron chi connectivity index (χ0n) is 7.17. The summed E-state index contributed by atoms with van der Waals surface area (Å²) >= 11 is 0. The molecule has 1 fully saturated rings. The van der Waals surface area contributed by atoms with Crippen molar-refractivity contribution in [3.8, 4) is 0 Å². The van der Waals surface area contributed by atoms with Crippen LogP contribution in [-0.4, -0.2) is 37.1 Å². The lowest BCUT2D eigenvalue weighted by atomic mass is 9.89. The third-order valence-electron chi connectivity index (χ3n) is 2.44. The molecular formula is C8H16O3. The van der Waals surface area contributed by atoms with Crippen LogP contribution in [0.25, 0.3) is 0 Å². The lowest BCUT2D eigenvalue weighted by Gasteiger charge is -2.37. The minimum atomic E-state index is -0.660. The van der Waals surface area contributed by atoms with Crippen LogP contribution in [-0.2, 0) is 9.47 Å². The summed E-state index contributed by atoms with van der Waals surface area (Å²) < 4.78 is 10.3. The molecule has 1 heterocycles.